The zero-order valence-corrected chi connectivity index (χ0v) is 10.2. The number of hydrogen-bond acceptors (Lipinski definition) is 2. The van der Waals surface area contributed by atoms with E-state index >= 15 is 0 Å². The Balaban J connectivity index is 2.49. The van der Waals surface area contributed by atoms with E-state index in [4.69, 9.17) is 28.9 Å². The van der Waals surface area contributed by atoms with Crippen molar-refractivity contribution in [2.75, 3.05) is 0 Å². The molecule has 1 heterocycles. The van der Waals surface area contributed by atoms with Crippen LogP contribution in [0.3, 0.4) is 0 Å². The van der Waals surface area contributed by atoms with Gasteiger partial charge in [0.2, 0.25) is 0 Å². The zero-order chi connectivity index (χ0) is 10.8. The summed E-state index contributed by atoms with van der Waals surface area (Å²) >= 11 is 13.7. The van der Waals surface area contributed by atoms with Gasteiger partial charge in [0.05, 0.1) is 10.0 Å². The molecule has 0 aliphatic rings. The summed E-state index contributed by atoms with van der Waals surface area (Å²) in [6.07, 6.45) is 0. The molecule has 0 unspecified atom stereocenters. The van der Waals surface area contributed by atoms with Crippen LogP contribution in [-0.2, 0) is 6.54 Å². The van der Waals surface area contributed by atoms with Crippen LogP contribution < -0.4 is 5.73 Å². The van der Waals surface area contributed by atoms with Crippen molar-refractivity contribution in [1.29, 1.82) is 0 Å². The molecule has 1 aromatic carbocycles. The van der Waals surface area contributed by atoms with E-state index in [2.05, 4.69) is 0 Å². The van der Waals surface area contributed by atoms with E-state index in [1.807, 2.05) is 24.3 Å². The summed E-state index contributed by atoms with van der Waals surface area (Å²) in [4.78, 5) is 2.24. The molecule has 2 rings (SSSR count). The molecule has 1 nitrogen and oxygen atoms in total. The van der Waals surface area contributed by atoms with Gasteiger partial charge >= 0.3 is 0 Å². The summed E-state index contributed by atoms with van der Waals surface area (Å²) in [6, 6.07) is 9.66. The van der Waals surface area contributed by atoms with Crippen LogP contribution in [0.25, 0.3) is 10.4 Å². The SMILES string of the molecule is NCc1ccc(-c2cccc(Cl)c2Cl)s1. The molecule has 2 N–H and O–H groups in total. The van der Waals surface area contributed by atoms with Gasteiger partial charge in [-0.1, -0.05) is 35.3 Å². The molecule has 4 heteroatoms. The van der Waals surface area contributed by atoms with Gasteiger partial charge in [0, 0.05) is 21.9 Å². The predicted molar refractivity (Wildman–Crippen MR) is 67.7 cm³/mol. The zero-order valence-electron chi connectivity index (χ0n) is 7.84. The van der Waals surface area contributed by atoms with Gasteiger partial charge in [-0.3, -0.25) is 0 Å². The van der Waals surface area contributed by atoms with E-state index in [0.29, 0.717) is 16.6 Å². The first-order chi connectivity index (χ1) is 7.22. The number of thiophene rings is 1. The van der Waals surface area contributed by atoms with E-state index in [1.165, 1.54) is 0 Å². The summed E-state index contributed by atoms with van der Waals surface area (Å²) in [5.41, 5.74) is 6.53. The van der Waals surface area contributed by atoms with Gasteiger partial charge in [0.1, 0.15) is 0 Å². The molecule has 78 valence electrons. The minimum absolute atomic E-state index is 0.558. The Kier molecular flexibility index (Phi) is 3.32. The summed E-state index contributed by atoms with van der Waals surface area (Å²) in [7, 11) is 0. The van der Waals surface area contributed by atoms with Crippen molar-refractivity contribution in [3.8, 4) is 10.4 Å². The molecule has 0 atom stereocenters. The van der Waals surface area contributed by atoms with Gasteiger partial charge in [-0.05, 0) is 18.2 Å². The van der Waals surface area contributed by atoms with Crippen LogP contribution >= 0.6 is 34.5 Å². The molecule has 0 saturated carbocycles. The monoisotopic (exact) mass is 257 g/mol. The van der Waals surface area contributed by atoms with Crippen LogP contribution in [0.15, 0.2) is 30.3 Å². The Labute approximate surface area is 102 Å². The van der Waals surface area contributed by atoms with E-state index in [1.54, 1.807) is 17.4 Å². The van der Waals surface area contributed by atoms with Crippen LogP contribution in [0.4, 0.5) is 0 Å². The lowest BCUT2D eigenvalue weighted by Crippen LogP contribution is -1.91. The van der Waals surface area contributed by atoms with Crippen molar-refractivity contribution in [3.05, 3.63) is 45.3 Å². The highest BCUT2D eigenvalue weighted by Crippen LogP contribution is 2.36. The Morgan fingerprint density at radius 1 is 1.13 bits per heavy atom. The highest BCUT2D eigenvalue weighted by Gasteiger charge is 2.08. The van der Waals surface area contributed by atoms with E-state index in [9.17, 15) is 0 Å². The number of halogens is 2. The molecular weight excluding hydrogens is 249 g/mol. The van der Waals surface area contributed by atoms with Crippen LogP contribution in [0.2, 0.25) is 10.0 Å². The first-order valence-electron chi connectivity index (χ1n) is 4.45. The van der Waals surface area contributed by atoms with E-state index < -0.39 is 0 Å². The fraction of sp³-hybridized carbons (Fsp3) is 0.0909. The van der Waals surface area contributed by atoms with Gasteiger partial charge < -0.3 is 5.73 Å². The predicted octanol–water partition coefficient (Wildman–Crippen LogP) is 4.18. The van der Waals surface area contributed by atoms with Gasteiger partial charge in [-0.25, -0.2) is 0 Å². The van der Waals surface area contributed by atoms with Crippen molar-refractivity contribution in [2.45, 2.75) is 6.54 Å². The molecule has 1 aromatic heterocycles. The van der Waals surface area contributed by atoms with E-state index in [-0.39, 0.29) is 0 Å². The van der Waals surface area contributed by atoms with Crippen molar-refractivity contribution in [3.63, 3.8) is 0 Å². The summed E-state index contributed by atoms with van der Waals surface area (Å²) < 4.78 is 0. The molecule has 2 aromatic rings. The Bertz CT molecular complexity index is 479. The fourth-order valence-corrected chi connectivity index (χ4v) is 2.70. The van der Waals surface area contributed by atoms with Crippen LogP contribution in [0.1, 0.15) is 4.88 Å². The number of hydrogen-bond donors (Lipinski definition) is 1. The second-order valence-corrected chi connectivity index (χ2v) is 5.02. The lowest BCUT2D eigenvalue weighted by molar-refractivity contribution is 1.11. The van der Waals surface area contributed by atoms with E-state index in [0.717, 1.165) is 15.3 Å². The molecular formula is C11H9Cl2NS. The smallest absolute Gasteiger partial charge is 0.0678 e. The highest BCUT2D eigenvalue weighted by atomic mass is 35.5. The third kappa shape index (κ3) is 2.18. The molecule has 0 aliphatic heterocycles. The maximum absolute atomic E-state index is 6.12. The van der Waals surface area contributed by atoms with Gasteiger partial charge in [-0.15, -0.1) is 11.3 Å². The molecule has 0 saturated heterocycles. The summed E-state index contributed by atoms with van der Waals surface area (Å²) in [5, 5.41) is 1.18. The van der Waals surface area contributed by atoms with Crippen LogP contribution in [-0.4, -0.2) is 0 Å². The Morgan fingerprint density at radius 2 is 1.93 bits per heavy atom. The van der Waals surface area contributed by atoms with Crippen molar-refractivity contribution < 1.29 is 0 Å². The molecule has 15 heavy (non-hydrogen) atoms. The molecule has 0 amide bonds. The third-order valence-electron chi connectivity index (χ3n) is 2.08. The second-order valence-electron chi connectivity index (χ2n) is 3.07. The molecule has 0 fully saturated rings. The lowest BCUT2D eigenvalue weighted by Gasteiger charge is -2.02. The van der Waals surface area contributed by atoms with Gasteiger partial charge in [0.25, 0.3) is 0 Å². The Hall–Kier alpha value is -0.540. The topological polar surface area (TPSA) is 26.0 Å². The molecule has 0 radical (unpaired) electrons. The van der Waals surface area contributed by atoms with Crippen molar-refractivity contribution in [1.82, 2.24) is 0 Å². The van der Waals surface area contributed by atoms with Gasteiger partial charge in [0.15, 0.2) is 0 Å². The minimum Gasteiger partial charge on any atom is -0.326 e. The summed E-state index contributed by atoms with van der Waals surface area (Å²) in [5.74, 6) is 0. The number of nitrogens with two attached hydrogens (primary N) is 1. The molecule has 0 bridgehead atoms. The number of benzene rings is 1. The molecule has 0 spiro atoms. The normalized spacial score (nSPS) is 10.6. The first kappa shape index (κ1) is 11.0. The Morgan fingerprint density at radius 3 is 2.60 bits per heavy atom. The summed E-state index contributed by atoms with van der Waals surface area (Å²) in [6.45, 7) is 0.558. The van der Waals surface area contributed by atoms with Crippen molar-refractivity contribution in [2.24, 2.45) is 5.73 Å². The maximum Gasteiger partial charge on any atom is 0.0678 e. The maximum atomic E-state index is 6.12. The highest BCUT2D eigenvalue weighted by molar-refractivity contribution is 7.15. The average molecular weight is 258 g/mol. The minimum atomic E-state index is 0.558. The molecule has 0 aliphatic carbocycles. The second kappa shape index (κ2) is 4.54. The number of rotatable bonds is 2. The standard InChI is InChI=1S/C11H9Cl2NS/c12-9-3-1-2-8(11(9)13)10-5-4-7(6-14)15-10/h1-5H,6,14H2. The van der Waals surface area contributed by atoms with Gasteiger partial charge in [-0.2, -0.15) is 0 Å². The largest absolute Gasteiger partial charge is 0.326 e. The lowest BCUT2D eigenvalue weighted by atomic mass is 10.2. The third-order valence-corrected chi connectivity index (χ3v) is 4.04. The first-order valence-corrected chi connectivity index (χ1v) is 6.03. The average Bonchev–Trinajstić information content (AvgIpc) is 2.70. The van der Waals surface area contributed by atoms with Crippen LogP contribution in [0.5, 0.6) is 0 Å². The van der Waals surface area contributed by atoms with Crippen LogP contribution in [0, 0.1) is 0 Å². The fourth-order valence-electron chi connectivity index (χ4n) is 1.33. The van der Waals surface area contributed by atoms with Crippen molar-refractivity contribution >= 4 is 34.5 Å². The quantitative estimate of drug-likeness (QED) is 0.859.